The lowest BCUT2D eigenvalue weighted by molar-refractivity contribution is -0.132. The zero-order valence-electron chi connectivity index (χ0n) is 15.0. The van der Waals surface area contributed by atoms with E-state index in [0.717, 1.165) is 47.0 Å². The summed E-state index contributed by atoms with van der Waals surface area (Å²) in [5, 5.41) is 0. The van der Waals surface area contributed by atoms with E-state index in [1.54, 1.807) is 0 Å². The van der Waals surface area contributed by atoms with Gasteiger partial charge in [-0.05, 0) is 54.7 Å². The van der Waals surface area contributed by atoms with Crippen LogP contribution in [0.3, 0.4) is 0 Å². The predicted molar refractivity (Wildman–Crippen MR) is 97.0 cm³/mol. The van der Waals surface area contributed by atoms with Crippen molar-refractivity contribution in [3.05, 3.63) is 47.5 Å². The van der Waals surface area contributed by atoms with Crippen LogP contribution in [0.4, 0.5) is 0 Å². The molecule has 0 bridgehead atoms. The largest absolute Gasteiger partial charge is 0.454 e. The molecule has 6 heteroatoms. The van der Waals surface area contributed by atoms with Crippen LogP contribution in [0.1, 0.15) is 30.4 Å². The third-order valence-electron chi connectivity index (χ3n) is 5.16. The van der Waals surface area contributed by atoms with Gasteiger partial charge in [0.05, 0.1) is 0 Å². The highest BCUT2D eigenvalue weighted by Gasteiger charge is 2.32. The van der Waals surface area contributed by atoms with Gasteiger partial charge in [-0.15, -0.1) is 0 Å². The zero-order valence-corrected chi connectivity index (χ0v) is 15.0. The van der Waals surface area contributed by atoms with Gasteiger partial charge in [-0.25, -0.2) is 0 Å². The van der Waals surface area contributed by atoms with Crippen LogP contribution >= 0.6 is 0 Å². The molecule has 1 fully saturated rings. The van der Waals surface area contributed by atoms with Crippen molar-refractivity contribution in [2.75, 3.05) is 13.6 Å². The van der Waals surface area contributed by atoms with Gasteiger partial charge in [-0.1, -0.05) is 12.1 Å². The molecular formula is C21H21NO5. The zero-order chi connectivity index (χ0) is 18.2. The van der Waals surface area contributed by atoms with Gasteiger partial charge in [0.15, 0.2) is 23.0 Å². The smallest absolute Gasteiger partial charge is 0.231 e. The van der Waals surface area contributed by atoms with Gasteiger partial charge in [-0.3, -0.25) is 4.79 Å². The lowest BCUT2D eigenvalue weighted by Crippen LogP contribution is -2.32. The molecule has 0 N–H and O–H groups in total. The van der Waals surface area contributed by atoms with Crippen LogP contribution < -0.4 is 18.9 Å². The Balaban J connectivity index is 1.24. The summed E-state index contributed by atoms with van der Waals surface area (Å²) in [7, 11) is 0. The second-order valence-corrected chi connectivity index (χ2v) is 7.13. The van der Waals surface area contributed by atoms with Crippen LogP contribution in [0.5, 0.6) is 23.0 Å². The van der Waals surface area contributed by atoms with Gasteiger partial charge in [0, 0.05) is 19.0 Å². The van der Waals surface area contributed by atoms with E-state index < -0.39 is 0 Å². The monoisotopic (exact) mass is 367 g/mol. The van der Waals surface area contributed by atoms with E-state index >= 15 is 0 Å². The number of ether oxygens (including phenoxy) is 4. The molecule has 0 spiro atoms. The van der Waals surface area contributed by atoms with E-state index in [9.17, 15) is 4.79 Å². The molecule has 1 aliphatic carbocycles. The predicted octanol–water partition coefficient (Wildman–Crippen LogP) is 3.27. The van der Waals surface area contributed by atoms with Crippen LogP contribution in [-0.4, -0.2) is 30.4 Å². The quantitative estimate of drug-likeness (QED) is 0.784. The van der Waals surface area contributed by atoms with Gasteiger partial charge in [-0.2, -0.15) is 0 Å². The summed E-state index contributed by atoms with van der Waals surface area (Å²) in [6, 6.07) is 12.1. The van der Waals surface area contributed by atoms with Gasteiger partial charge in [0.1, 0.15) is 0 Å². The van der Waals surface area contributed by atoms with Crippen molar-refractivity contribution in [1.29, 1.82) is 0 Å². The van der Waals surface area contributed by atoms with E-state index in [2.05, 4.69) is 0 Å². The lowest BCUT2D eigenvalue weighted by Gasteiger charge is -2.23. The van der Waals surface area contributed by atoms with Crippen LogP contribution in [-0.2, 0) is 17.8 Å². The minimum absolute atomic E-state index is 0.188. The molecule has 5 rings (SSSR count). The molecular weight excluding hydrogens is 346 g/mol. The highest BCUT2D eigenvalue weighted by atomic mass is 16.7. The number of carbonyl (C=O) groups is 1. The van der Waals surface area contributed by atoms with Gasteiger partial charge in [0.2, 0.25) is 19.5 Å². The highest BCUT2D eigenvalue weighted by Crippen LogP contribution is 2.35. The summed E-state index contributed by atoms with van der Waals surface area (Å²) in [6.45, 7) is 1.14. The summed E-state index contributed by atoms with van der Waals surface area (Å²) in [5.74, 6) is 3.25. The number of hydrogen-bond donors (Lipinski definition) is 0. The third kappa shape index (κ3) is 3.39. The Hall–Kier alpha value is -2.89. The fourth-order valence-corrected chi connectivity index (χ4v) is 3.53. The second-order valence-electron chi connectivity index (χ2n) is 7.13. The molecule has 0 aromatic heterocycles. The molecule has 2 aromatic carbocycles. The maximum absolute atomic E-state index is 12.9. The summed E-state index contributed by atoms with van der Waals surface area (Å²) in [4.78, 5) is 14.9. The number of amides is 1. The number of nitrogens with zero attached hydrogens (tertiary/aromatic N) is 1. The molecule has 1 amide bonds. The molecule has 2 aromatic rings. The summed E-state index contributed by atoms with van der Waals surface area (Å²) < 4.78 is 21.6. The fourth-order valence-electron chi connectivity index (χ4n) is 3.53. The SMILES string of the molecule is O=C(CCc1ccc2c(c1)OCO2)N(Cc1ccc2c(c1)OCO2)C1CC1. The lowest BCUT2D eigenvalue weighted by atomic mass is 10.1. The first-order chi connectivity index (χ1) is 13.3. The van der Waals surface area contributed by atoms with Gasteiger partial charge < -0.3 is 23.8 Å². The molecule has 0 atom stereocenters. The number of benzene rings is 2. The minimum atomic E-state index is 0.188. The molecule has 1 saturated carbocycles. The van der Waals surface area contributed by atoms with Crippen molar-refractivity contribution in [2.24, 2.45) is 0 Å². The van der Waals surface area contributed by atoms with E-state index in [0.29, 0.717) is 25.4 Å². The molecule has 2 heterocycles. The van der Waals surface area contributed by atoms with E-state index in [-0.39, 0.29) is 19.5 Å². The summed E-state index contributed by atoms with van der Waals surface area (Å²) in [6.07, 6.45) is 3.35. The van der Waals surface area contributed by atoms with Crippen molar-refractivity contribution < 1.29 is 23.7 Å². The normalized spacial score (nSPS) is 16.4. The first-order valence-electron chi connectivity index (χ1n) is 9.33. The minimum Gasteiger partial charge on any atom is -0.454 e. The number of aryl methyl sites for hydroxylation is 1. The van der Waals surface area contributed by atoms with Crippen LogP contribution in [0.25, 0.3) is 0 Å². The Kier molecular flexibility index (Phi) is 4.03. The topological polar surface area (TPSA) is 57.2 Å². The number of carbonyl (C=O) groups excluding carboxylic acids is 1. The molecule has 2 aliphatic heterocycles. The third-order valence-corrected chi connectivity index (χ3v) is 5.16. The molecule has 6 nitrogen and oxygen atoms in total. The number of fused-ring (bicyclic) bond motifs is 2. The molecule has 3 aliphatic rings. The fraction of sp³-hybridized carbons (Fsp3) is 0.381. The van der Waals surface area contributed by atoms with Crippen molar-refractivity contribution in [1.82, 2.24) is 4.90 Å². The average molecular weight is 367 g/mol. The summed E-state index contributed by atoms with van der Waals surface area (Å²) in [5.41, 5.74) is 2.16. The van der Waals surface area contributed by atoms with Crippen LogP contribution in [0.15, 0.2) is 36.4 Å². The van der Waals surface area contributed by atoms with Gasteiger partial charge >= 0.3 is 0 Å². The molecule has 0 radical (unpaired) electrons. The maximum Gasteiger partial charge on any atom is 0.231 e. The van der Waals surface area contributed by atoms with E-state index in [1.807, 2.05) is 41.3 Å². The van der Waals surface area contributed by atoms with Crippen molar-refractivity contribution in [3.63, 3.8) is 0 Å². The molecule has 0 unspecified atom stereocenters. The number of rotatable bonds is 6. The number of hydrogen-bond acceptors (Lipinski definition) is 5. The Morgan fingerprint density at radius 3 is 2.11 bits per heavy atom. The standard InChI is InChI=1S/C21H21NO5/c23-21(8-3-14-1-6-17-19(9-14)26-12-24-17)22(16-4-5-16)11-15-2-7-18-20(10-15)27-13-25-18/h1-2,6-7,9-10,16H,3-5,8,11-13H2. The summed E-state index contributed by atoms with van der Waals surface area (Å²) >= 11 is 0. The average Bonchev–Trinajstić information content (AvgIpc) is 3.23. The molecule has 0 saturated heterocycles. The van der Waals surface area contributed by atoms with Crippen LogP contribution in [0.2, 0.25) is 0 Å². The Morgan fingerprint density at radius 1 is 0.852 bits per heavy atom. The second kappa shape index (κ2) is 6.68. The van der Waals surface area contributed by atoms with E-state index in [4.69, 9.17) is 18.9 Å². The van der Waals surface area contributed by atoms with Crippen molar-refractivity contribution in [3.8, 4) is 23.0 Å². The van der Waals surface area contributed by atoms with Crippen molar-refractivity contribution in [2.45, 2.75) is 38.3 Å². The highest BCUT2D eigenvalue weighted by molar-refractivity contribution is 5.77. The Bertz CT molecular complexity index is 877. The van der Waals surface area contributed by atoms with E-state index in [1.165, 1.54) is 0 Å². The first-order valence-corrected chi connectivity index (χ1v) is 9.33. The first kappa shape index (κ1) is 16.3. The molecule has 140 valence electrons. The van der Waals surface area contributed by atoms with Crippen LogP contribution in [0, 0.1) is 0 Å². The van der Waals surface area contributed by atoms with Crippen molar-refractivity contribution >= 4 is 5.91 Å². The Labute approximate surface area is 157 Å². The Morgan fingerprint density at radius 2 is 1.44 bits per heavy atom. The van der Waals surface area contributed by atoms with Gasteiger partial charge in [0.25, 0.3) is 0 Å². The maximum atomic E-state index is 12.9. The molecule has 27 heavy (non-hydrogen) atoms.